The Labute approximate surface area is 453 Å². The third kappa shape index (κ3) is 21.7. The summed E-state index contributed by atoms with van der Waals surface area (Å²) in [4.78, 5) is 44.1. The number of aromatic nitrogens is 10. The topological polar surface area (TPSA) is 183 Å². The summed E-state index contributed by atoms with van der Waals surface area (Å²) in [6.45, 7) is 7.40. The summed E-state index contributed by atoms with van der Waals surface area (Å²) >= 11 is 9.54. The Balaban J connectivity index is 0.000000514. The van der Waals surface area contributed by atoms with Crippen molar-refractivity contribution in [3.8, 4) is 11.4 Å². The quantitative estimate of drug-likeness (QED) is 0.0893. The standard InChI is InChI=1S/C20H21F3N6O.C11H15F3N2.C9H8N4O2.I3.I2.HI/c1-13-4-9-17(29-25-10-11-26-29)18(27-13)19(30)28(3)14(2)5-7-16-8-6-15(12-24-16)20(21,22)23;1-8(15-2)3-5-10-6-4-9(7-16-10)11(12,13)14;1-6-2-3-7(8(12-6)9(14)15)13-10-4-5-11-13;1-3-2;1-2;/h4,6,8-12,14H,5,7H2,1-3H3;4,6-8,15H,3,5H2,1-2H3;2-5H,1H3,(H,14,15);;;1H/q;;;-1;;/t14-;8-;;;;/m00..../s1. The normalized spacial score (nSPS) is 11.6. The van der Waals surface area contributed by atoms with Gasteiger partial charge in [-0.2, -0.15) is 46.7 Å². The number of carboxylic acids is 1. The van der Waals surface area contributed by atoms with Gasteiger partial charge in [0.05, 0.1) is 35.9 Å². The minimum atomic E-state index is -4.41. The Morgan fingerprint density at radius 1 is 0.716 bits per heavy atom. The van der Waals surface area contributed by atoms with E-state index < -0.39 is 29.4 Å². The van der Waals surface area contributed by atoms with Crippen LogP contribution < -0.4 is 18.6 Å². The Hall–Kier alpha value is -2.26. The number of alkyl halides is 6. The van der Waals surface area contributed by atoms with Crippen LogP contribution in [0, 0.1) is 13.8 Å². The van der Waals surface area contributed by atoms with Gasteiger partial charge in [0, 0.05) is 91.5 Å². The van der Waals surface area contributed by atoms with Gasteiger partial charge in [-0.15, -0.1) is 33.6 Å². The molecule has 6 aromatic rings. The molecule has 2 N–H and O–H groups in total. The zero-order chi connectivity index (χ0) is 49.6. The van der Waals surface area contributed by atoms with Gasteiger partial charge in [-0.1, -0.05) is 0 Å². The number of halogens is 12. The Bertz CT molecular complexity index is 2350. The van der Waals surface area contributed by atoms with E-state index in [0.717, 1.165) is 30.9 Å². The molecule has 2 atom stereocenters. The summed E-state index contributed by atoms with van der Waals surface area (Å²) in [6, 6.07) is 11.9. The second-order valence-corrected chi connectivity index (χ2v) is 30.0. The molecule has 0 unspecified atom stereocenters. The van der Waals surface area contributed by atoms with E-state index in [4.69, 9.17) is 5.11 Å². The molecule has 0 aliphatic rings. The zero-order valence-electron chi connectivity index (χ0n) is 36.3. The second-order valence-electron chi connectivity index (χ2n) is 13.7. The van der Waals surface area contributed by atoms with Gasteiger partial charge in [-0.3, -0.25) is 14.8 Å². The number of aryl methyl sites for hydroxylation is 4. The van der Waals surface area contributed by atoms with Crippen LogP contribution in [0.25, 0.3) is 11.4 Å². The van der Waals surface area contributed by atoms with Gasteiger partial charge in [-0.05, 0) is 109 Å². The SMILES string of the molecule is CN[C@@H](C)CCc1ccc(C(F)(F)F)cn1.Cc1ccc(-n2nccn2)c(C(=O)N(C)[C@@H](C)CCc2ccc(C(F)(F)F)cn2)n1.Cc1ccc(-n2nccn2)c(C(=O)O)n1.I.II.I[I-]I. The molecule has 0 fully saturated rings. The molecule has 368 valence electrons. The van der Waals surface area contributed by atoms with Crippen molar-refractivity contribution in [1.29, 1.82) is 0 Å². The van der Waals surface area contributed by atoms with Crippen molar-refractivity contribution in [3.63, 3.8) is 0 Å². The molecule has 6 rings (SSSR count). The third-order valence-corrected chi connectivity index (χ3v) is 9.13. The van der Waals surface area contributed by atoms with Crippen LogP contribution in [0.4, 0.5) is 26.3 Å². The summed E-state index contributed by atoms with van der Waals surface area (Å²) in [7, 11) is 3.52. The average molecular weight is 1620 g/mol. The number of carbonyl (C=O) groups excluding carboxylic acids is 1. The third-order valence-electron chi connectivity index (χ3n) is 9.13. The molecule has 0 spiro atoms. The average Bonchev–Trinajstić information content (AvgIpc) is 4.04. The van der Waals surface area contributed by atoms with Crippen LogP contribution in [-0.4, -0.2) is 98.0 Å². The number of hydrogen-bond donors (Lipinski definition) is 2. The number of hydrogen-bond acceptors (Lipinski definition) is 11. The van der Waals surface area contributed by atoms with Crippen LogP contribution in [-0.2, 0) is 25.2 Å². The summed E-state index contributed by atoms with van der Waals surface area (Å²) in [5.41, 5.74) is 2.08. The molecule has 0 aromatic carbocycles. The van der Waals surface area contributed by atoms with Crippen molar-refractivity contribution < 1.29 is 54.3 Å². The van der Waals surface area contributed by atoms with Crippen molar-refractivity contribution in [2.24, 2.45) is 0 Å². The molecule has 0 aliphatic heterocycles. The molecule has 1 amide bonds. The van der Waals surface area contributed by atoms with Crippen LogP contribution in [0.1, 0.15) is 81.6 Å². The van der Waals surface area contributed by atoms with Gasteiger partial charge in [0.1, 0.15) is 11.4 Å². The number of carboxylic acid groups (broad SMARTS) is 1. The zero-order valence-corrected chi connectivity index (χ0v) is 49.4. The van der Waals surface area contributed by atoms with Gasteiger partial charge < -0.3 is 15.3 Å². The molecule has 6 heterocycles. The second kappa shape index (κ2) is 31.9. The van der Waals surface area contributed by atoms with Crippen LogP contribution in [0.3, 0.4) is 0 Å². The number of nitrogens with one attached hydrogen (secondary N) is 1. The summed E-state index contributed by atoms with van der Waals surface area (Å²) in [6.07, 6.45) is 1.49. The first-order valence-corrected chi connectivity index (χ1v) is 38.0. The number of carbonyl (C=O) groups is 2. The first kappa shape index (κ1) is 62.8. The van der Waals surface area contributed by atoms with E-state index in [-0.39, 0.29) is 47.3 Å². The number of rotatable bonds is 12. The molecule has 27 heteroatoms. The predicted molar refractivity (Wildman–Crippen MR) is 281 cm³/mol. The summed E-state index contributed by atoms with van der Waals surface area (Å²) < 4.78 is 74.7. The monoisotopic (exact) mass is 1620 g/mol. The van der Waals surface area contributed by atoms with E-state index in [9.17, 15) is 35.9 Å². The van der Waals surface area contributed by atoms with Gasteiger partial charge in [0.25, 0.3) is 5.91 Å². The fourth-order valence-electron chi connectivity index (χ4n) is 5.32. The number of aromatic carboxylic acids is 1. The molecule has 15 nitrogen and oxygen atoms in total. The van der Waals surface area contributed by atoms with Crippen LogP contribution in [0.5, 0.6) is 0 Å². The minimum absolute atomic E-state index is 0. The molecular weight excluding hydrogens is 1570 g/mol. The molecule has 0 saturated carbocycles. The molecule has 67 heavy (non-hydrogen) atoms. The number of amides is 1. The fraction of sp³-hybridized carbons (Fsp3) is 0.350. The van der Waals surface area contributed by atoms with Crippen LogP contribution >= 0.6 is 98.4 Å². The molecule has 0 saturated heterocycles. The van der Waals surface area contributed by atoms with Gasteiger partial charge >= 0.3 is 68.8 Å². The van der Waals surface area contributed by atoms with Crippen LogP contribution in [0.2, 0.25) is 0 Å². The van der Waals surface area contributed by atoms with Gasteiger partial charge in [0.15, 0.2) is 11.4 Å². The maximum atomic E-state index is 13.1. The Morgan fingerprint density at radius 2 is 1.10 bits per heavy atom. The molecule has 6 aromatic heterocycles. The van der Waals surface area contributed by atoms with Crippen molar-refractivity contribution in [2.45, 2.75) is 77.8 Å². The number of nitrogens with zero attached hydrogens (tertiary/aromatic N) is 11. The van der Waals surface area contributed by atoms with Crippen molar-refractivity contribution >= 4 is 110 Å². The van der Waals surface area contributed by atoms with Crippen LogP contribution in [0.15, 0.2) is 85.7 Å². The summed E-state index contributed by atoms with van der Waals surface area (Å²) in [5, 5.41) is 27.9. The van der Waals surface area contributed by atoms with Gasteiger partial charge in [-0.25, -0.2) is 14.8 Å². The van der Waals surface area contributed by atoms with E-state index >= 15 is 0 Å². The molecule has 0 radical (unpaired) electrons. The molecule has 0 aliphatic carbocycles. The summed E-state index contributed by atoms with van der Waals surface area (Å²) in [5.74, 6) is -1.38. The number of pyridine rings is 4. The van der Waals surface area contributed by atoms with Crippen molar-refractivity contribution in [2.75, 3.05) is 14.1 Å². The molecule has 0 bridgehead atoms. The van der Waals surface area contributed by atoms with Crippen molar-refractivity contribution in [1.82, 2.24) is 60.1 Å². The van der Waals surface area contributed by atoms with Crippen molar-refractivity contribution in [3.05, 3.63) is 131 Å². The Kier molecular flexibility index (Phi) is 29.8. The predicted octanol–water partition coefficient (Wildman–Crippen LogP) is 7.95. The first-order chi connectivity index (χ1) is 31.2. The Morgan fingerprint density at radius 3 is 1.46 bits per heavy atom. The van der Waals surface area contributed by atoms with E-state index in [1.54, 1.807) is 50.1 Å². The molecular formula is C40H45F6I6N12O3-. The van der Waals surface area contributed by atoms with E-state index in [1.165, 1.54) is 46.5 Å². The maximum absolute atomic E-state index is 13.1. The van der Waals surface area contributed by atoms with E-state index in [0.29, 0.717) is 72.7 Å². The van der Waals surface area contributed by atoms with Gasteiger partial charge in [0.2, 0.25) is 0 Å². The van der Waals surface area contributed by atoms with E-state index in [2.05, 4.69) is 120 Å². The first-order valence-electron chi connectivity index (χ1n) is 19.1. The van der Waals surface area contributed by atoms with E-state index in [1.807, 2.05) is 20.9 Å². The fourth-order valence-corrected chi connectivity index (χ4v) is 5.32.